The molecule has 2 unspecified atom stereocenters. The molecule has 0 fully saturated rings. The van der Waals surface area contributed by atoms with E-state index in [0.717, 1.165) is 5.75 Å². The van der Waals surface area contributed by atoms with E-state index in [2.05, 4.69) is 156 Å². The quantitative estimate of drug-likeness (QED) is 0.225. The lowest BCUT2D eigenvalue weighted by Gasteiger charge is -2.31. The summed E-state index contributed by atoms with van der Waals surface area (Å²) in [6, 6.07) is 19.6. The maximum Gasteiger partial charge on any atom is 0.131 e. The van der Waals surface area contributed by atoms with E-state index in [4.69, 9.17) is 4.74 Å². The first-order valence-corrected chi connectivity index (χ1v) is 19.6. The van der Waals surface area contributed by atoms with Crippen molar-refractivity contribution in [2.45, 2.75) is 138 Å². The molecule has 0 heterocycles. The Morgan fingerprint density at radius 1 is 0.577 bits per heavy atom. The third-order valence-electron chi connectivity index (χ3n) is 11.9. The molecule has 272 valence electrons. The Hall–Kier alpha value is -3.88. The highest BCUT2D eigenvalue weighted by Gasteiger charge is 2.37. The standard InChI is InChI=1S/C50H61NO/c1-28-18-29(2)20-33(19-28)43-37-17-15-16-32(37)25-40-38(43)21-30(3)45(40)51-46-31(4)22-39-41(46)27-42(50(11,12)13)47(52-14)44(39)34-23-35(48(5,6)7)26-36(24-34)49(8,9)10/h18-27,45-46,51H,15-17H2,1-14H3. The molecular formula is C50H61NO. The molecule has 4 aromatic carbocycles. The van der Waals surface area contributed by atoms with E-state index in [1.54, 1.807) is 5.56 Å². The Labute approximate surface area is 314 Å². The van der Waals surface area contributed by atoms with E-state index in [0.29, 0.717) is 0 Å². The molecule has 1 N–H and O–H groups in total. The number of fused-ring (bicyclic) bond motifs is 3. The third kappa shape index (κ3) is 6.30. The number of nitrogens with one attached hydrogen (secondary N) is 1. The van der Waals surface area contributed by atoms with Gasteiger partial charge >= 0.3 is 0 Å². The number of rotatable bonds is 5. The molecular weight excluding hydrogens is 631 g/mol. The Morgan fingerprint density at radius 3 is 1.62 bits per heavy atom. The van der Waals surface area contributed by atoms with Crippen LogP contribution in [-0.4, -0.2) is 7.11 Å². The van der Waals surface area contributed by atoms with Crippen LogP contribution in [0.2, 0.25) is 0 Å². The van der Waals surface area contributed by atoms with E-state index in [1.807, 2.05) is 7.11 Å². The van der Waals surface area contributed by atoms with Gasteiger partial charge < -0.3 is 4.74 Å². The molecule has 0 aromatic heterocycles. The number of hydrogen-bond acceptors (Lipinski definition) is 2. The first kappa shape index (κ1) is 36.5. The molecule has 0 saturated heterocycles. The topological polar surface area (TPSA) is 21.3 Å². The summed E-state index contributed by atoms with van der Waals surface area (Å²) in [4.78, 5) is 0. The second-order valence-electron chi connectivity index (χ2n) is 19.3. The second kappa shape index (κ2) is 12.6. The predicted octanol–water partition coefficient (Wildman–Crippen LogP) is 13.2. The van der Waals surface area contributed by atoms with Crippen LogP contribution >= 0.6 is 0 Å². The van der Waals surface area contributed by atoms with Gasteiger partial charge in [-0.15, -0.1) is 0 Å². The first-order chi connectivity index (χ1) is 24.3. The van der Waals surface area contributed by atoms with Crippen LogP contribution in [0.1, 0.15) is 156 Å². The Balaban J connectivity index is 1.41. The van der Waals surface area contributed by atoms with Crippen LogP contribution in [0.5, 0.6) is 5.75 Å². The van der Waals surface area contributed by atoms with Crippen molar-refractivity contribution in [1.82, 2.24) is 5.32 Å². The van der Waals surface area contributed by atoms with E-state index in [1.165, 1.54) is 108 Å². The molecule has 2 heteroatoms. The molecule has 3 aliphatic rings. The molecule has 2 atom stereocenters. The Kier molecular flexibility index (Phi) is 8.85. The predicted molar refractivity (Wildman–Crippen MR) is 224 cm³/mol. The summed E-state index contributed by atoms with van der Waals surface area (Å²) in [5.74, 6) is 0.998. The zero-order valence-corrected chi connectivity index (χ0v) is 34.5. The van der Waals surface area contributed by atoms with Crippen molar-refractivity contribution in [3.8, 4) is 28.0 Å². The summed E-state index contributed by atoms with van der Waals surface area (Å²) < 4.78 is 6.46. The molecule has 0 spiro atoms. The van der Waals surface area contributed by atoms with Crippen LogP contribution in [0.15, 0.2) is 59.7 Å². The van der Waals surface area contributed by atoms with Gasteiger partial charge in [0.2, 0.25) is 0 Å². The monoisotopic (exact) mass is 691 g/mol. The smallest absolute Gasteiger partial charge is 0.131 e. The minimum Gasteiger partial charge on any atom is -0.496 e. The Bertz CT molecular complexity index is 2120. The van der Waals surface area contributed by atoms with Crippen LogP contribution < -0.4 is 10.1 Å². The van der Waals surface area contributed by atoms with Gasteiger partial charge in [0, 0.05) is 11.1 Å². The van der Waals surface area contributed by atoms with Gasteiger partial charge in [-0.25, -0.2) is 0 Å². The number of methoxy groups -OCH3 is 1. The fourth-order valence-corrected chi connectivity index (χ4v) is 9.14. The number of hydrogen-bond donors (Lipinski definition) is 1. The van der Waals surface area contributed by atoms with Gasteiger partial charge in [-0.3, -0.25) is 5.32 Å². The molecule has 0 aliphatic heterocycles. The summed E-state index contributed by atoms with van der Waals surface area (Å²) in [6.07, 6.45) is 8.50. The highest BCUT2D eigenvalue weighted by Crippen LogP contribution is 2.52. The maximum atomic E-state index is 6.46. The van der Waals surface area contributed by atoms with Crippen molar-refractivity contribution in [3.63, 3.8) is 0 Å². The summed E-state index contributed by atoms with van der Waals surface area (Å²) in [6.45, 7) is 30.0. The molecule has 3 aliphatic carbocycles. The fourth-order valence-electron chi connectivity index (χ4n) is 9.14. The van der Waals surface area contributed by atoms with Crippen molar-refractivity contribution in [1.29, 1.82) is 0 Å². The minimum atomic E-state index is -0.109. The van der Waals surface area contributed by atoms with E-state index in [9.17, 15) is 0 Å². The van der Waals surface area contributed by atoms with Crippen LogP contribution in [-0.2, 0) is 29.1 Å². The second-order valence-corrected chi connectivity index (χ2v) is 19.3. The van der Waals surface area contributed by atoms with Gasteiger partial charge in [-0.1, -0.05) is 139 Å². The molecule has 4 aromatic rings. The van der Waals surface area contributed by atoms with Crippen LogP contribution in [0.25, 0.3) is 34.4 Å². The summed E-state index contributed by atoms with van der Waals surface area (Å²) >= 11 is 0. The molecule has 0 saturated carbocycles. The van der Waals surface area contributed by atoms with E-state index >= 15 is 0 Å². The summed E-state index contributed by atoms with van der Waals surface area (Å²) in [5, 5.41) is 4.27. The molecule has 2 nitrogen and oxygen atoms in total. The number of aryl methyl sites for hydroxylation is 3. The van der Waals surface area contributed by atoms with E-state index in [-0.39, 0.29) is 28.3 Å². The lowest BCUT2D eigenvalue weighted by molar-refractivity contribution is 0.398. The minimum absolute atomic E-state index is 0.0137. The molecule has 7 rings (SSSR count). The van der Waals surface area contributed by atoms with Gasteiger partial charge in [0.15, 0.2) is 0 Å². The SMILES string of the molecule is COc1c(C(C)(C)C)cc2c(c1-c1cc(C(C)(C)C)cc(C(C)(C)C)c1)C=C(C)C2NC1C(C)=Cc2c1cc1c(c2-c2cc(C)cc(C)c2)CCC1. The lowest BCUT2D eigenvalue weighted by Crippen LogP contribution is -2.27. The molecule has 0 amide bonds. The van der Waals surface area contributed by atoms with E-state index < -0.39 is 0 Å². The van der Waals surface area contributed by atoms with Crippen LogP contribution in [0.4, 0.5) is 0 Å². The molecule has 0 radical (unpaired) electrons. The van der Waals surface area contributed by atoms with Crippen molar-refractivity contribution in [3.05, 3.63) is 121 Å². The third-order valence-corrected chi connectivity index (χ3v) is 11.9. The van der Waals surface area contributed by atoms with Crippen molar-refractivity contribution < 1.29 is 4.74 Å². The molecule has 52 heavy (non-hydrogen) atoms. The maximum absolute atomic E-state index is 6.46. The first-order valence-electron chi connectivity index (χ1n) is 19.6. The van der Waals surface area contributed by atoms with Gasteiger partial charge in [-0.05, 0) is 130 Å². The lowest BCUT2D eigenvalue weighted by atomic mass is 9.77. The fraction of sp³-hybridized carbons (Fsp3) is 0.440. The van der Waals surface area contributed by atoms with Gasteiger partial charge in [0.1, 0.15) is 5.75 Å². The molecule has 0 bridgehead atoms. The van der Waals surface area contributed by atoms with Gasteiger partial charge in [0.05, 0.1) is 19.2 Å². The zero-order valence-electron chi connectivity index (χ0n) is 34.5. The largest absolute Gasteiger partial charge is 0.496 e. The average molecular weight is 692 g/mol. The Morgan fingerprint density at radius 2 is 1.10 bits per heavy atom. The number of benzene rings is 4. The van der Waals surface area contributed by atoms with Crippen molar-refractivity contribution >= 4 is 12.2 Å². The number of ether oxygens (including phenoxy) is 1. The van der Waals surface area contributed by atoms with Gasteiger partial charge in [-0.2, -0.15) is 0 Å². The summed E-state index contributed by atoms with van der Waals surface area (Å²) in [5.41, 5.74) is 23.2. The van der Waals surface area contributed by atoms with Crippen LogP contribution in [0.3, 0.4) is 0 Å². The average Bonchev–Trinajstić information content (AvgIpc) is 3.72. The van der Waals surface area contributed by atoms with Gasteiger partial charge in [0.25, 0.3) is 0 Å². The van der Waals surface area contributed by atoms with Crippen molar-refractivity contribution in [2.75, 3.05) is 7.11 Å². The van der Waals surface area contributed by atoms with Crippen molar-refractivity contribution in [2.24, 2.45) is 0 Å². The normalized spacial score (nSPS) is 18.3. The zero-order chi connectivity index (χ0) is 37.7. The highest BCUT2D eigenvalue weighted by molar-refractivity contribution is 5.89. The van der Waals surface area contributed by atoms with Crippen LogP contribution in [0, 0.1) is 13.8 Å². The highest BCUT2D eigenvalue weighted by atomic mass is 16.5. The summed E-state index contributed by atoms with van der Waals surface area (Å²) in [7, 11) is 1.86.